The molecule has 139 heavy (non-hydrogen) atoms. The van der Waals surface area contributed by atoms with E-state index < -0.39 is 0 Å². The monoisotopic (exact) mass is 1910 g/mol. The molecule has 0 spiro atoms. The highest BCUT2D eigenvalue weighted by atomic mass is 79.9. The maximum Gasteiger partial charge on any atom is 0.569 e. The highest BCUT2D eigenvalue weighted by Crippen LogP contribution is 2.45. The molecule has 0 atom stereocenters. The third kappa shape index (κ3) is 15.0. The topological polar surface area (TPSA) is 74.8 Å². The minimum atomic E-state index is 0.617. The number of nitrogens with one attached hydrogen (secondary N) is 1. The van der Waals surface area contributed by atoms with Crippen molar-refractivity contribution in [3.05, 3.63) is 511 Å². The molecule has 9 nitrogen and oxygen atoms in total. The molecule has 0 fully saturated rings. The van der Waals surface area contributed by atoms with Gasteiger partial charge in [0.25, 0.3) is 0 Å². The van der Waals surface area contributed by atoms with Crippen LogP contribution in [0.4, 0.5) is 0 Å². The van der Waals surface area contributed by atoms with Crippen molar-refractivity contribution in [2.24, 2.45) is 0 Å². The molecule has 29 rings (SSSR count). The van der Waals surface area contributed by atoms with Gasteiger partial charge >= 0.3 is 7.69 Å². The summed E-state index contributed by atoms with van der Waals surface area (Å²) in [5.41, 5.74) is 34.4. The molecule has 21 aromatic carbocycles. The summed E-state index contributed by atoms with van der Waals surface area (Å²) in [5, 5.41) is 26.3. The average Bonchev–Trinajstić information content (AvgIpc) is 1.58. The first-order valence-electron chi connectivity index (χ1n) is 46.9. The van der Waals surface area contributed by atoms with Crippen molar-refractivity contribution in [3.63, 3.8) is 0 Å². The third-order valence-electron chi connectivity index (χ3n) is 27.4. The molecule has 0 aliphatic heterocycles. The molecule has 2 N–H and O–H groups in total. The van der Waals surface area contributed by atoms with Gasteiger partial charge in [-0.2, -0.15) is 0 Å². The van der Waals surface area contributed by atoms with Crippen LogP contribution in [0.1, 0.15) is 11.1 Å². The van der Waals surface area contributed by atoms with Crippen LogP contribution >= 0.6 is 31.9 Å². The number of fused-ring (bicyclic) bond motifs is 24. The Morgan fingerprint density at radius 2 is 0.482 bits per heavy atom. The largest absolute Gasteiger partial charge is 0.569 e. The third-order valence-corrected chi connectivity index (χ3v) is 28.4. The summed E-state index contributed by atoms with van der Waals surface area (Å²) >= 11 is 7.09. The number of H-pyrrole nitrogens is 1. The Kier molecular flexibility index (Phi) is 21.5. The Labute approximate surface area is 819 Å². The average molecular weight is 1910 g/mol. The van der Waals surface area contributed by atoms with Crippen LogP contribution in [0.25, 0.3) is 220 Å². The van der Waals surface area contributed by atoms with Gasteiger partial charge in [0.2, 0.25) is 0 Å². The molecule has 0 amide bonds. The lowest BCUT2D eigenvalue weighted by Crippen LogP contribution is -1.99. The summed E-state index contributed by atoms with van der Waals surface area (Å²) < 4.78 is 21.5. The number of aromatic amines is 1. The van der Waals surface area contributed by atoms with E-state index in [0.717, 1.165) is 48.5 Å². The zero-order valence-corrected chi connectivity index (χ0v) is 78.5. The second-order valence-corrected chi connectivity index (χ2v) is 37.2. The highest BCUT2D eigenvalue weighted by Gasteiger charge is 2.24. The van der Waals surface area contributed by atoms with Gasteiger partial charge in [0.1, 0.15) is 5.75 Å². The lowest BCUT2D eigenvalue weighted by Gasteiger charge is -2.11. The lowest BCUT2D eigenvalue weighted by molar-refractivity contribution is 0.454. The van der Waals surface area contributed by atoms with E-state index in [4.69, 9.17) is 9.68 Å². The number of benzene rings is 21. The number of hydrogen-bond donors (Lipinski definition) is 2. The second-order valence-electron chi connectivity index (χ2n) is 35.3. The van der Waals surface area contributed by atoms with Gasteiger partial charge < -0.3 is 42.1 Å². The summed E-state index contributed by atoms with van der Waals surface area (Å²) in [6.45, 7) is 0. The van der Waals surface area contributed by atoms with Gasteiger partial charge in [-0.25, -0.2) is 0 Å². The van der Waals surface area contributed by atoms with Crippen LogP contribution in [0.2, 0.25) is 0 Å². The van der Waals surface area contributed by atoms with E-state index in [9.17, 15) is 0 Å². The van der Waals surface area contributed by atoms with Crippen LogP contribution in [-0.2, 0) is 6.42 Å². The molecule has 657 valence electrons. The van der Waals surface area contributed by atoms with E-state index in [2.05, 4.69) is 501 Å². The zero-order valence-electron chi connectivity index (χ0n) is 75.3. The zero-order chi connectivity index (χ0) is 92.5. The minimum absolute atomic E-state index is 0.617. The van der Waals surface area contributed by atoms with Crippen molar-refractivity contribution in [1.82, 2.24) is 32.4 Å². The van der Waals surface area contributed by atoms with E-state index in [1.807, 2.05) is 54.6 Å². The maximum atomic E-state index is 8.84. The molecule has 1 radical (unpaired) electrons. The summed E-state index contributed by atoms with van der Waals surface area (Å²) in [6, 6.07) is 175. The molecular weight excluding hydrogens is 1830 g/mol. The predicted molar refractivity (Wildman–Crippen MR) is 591 cm³/mol. The number of rotatable bonds is 10. The molecule has 7 aromatic heterocycles. The second kappa shape index (κ2) is 35.7. The SMILES string of the molecule is Brc1ccc2c(c1)-c1ccccc1C2.Brc1ccc2c(c1)c1ccccc1n2-c1ccccc1.O[B]Oc1ccc2c(c1)c1ccccc1n2-c1ccccc1.c1ccc(-n2c3ccccc3c3cc(-c4ccc5[nH]c6ccccc6c5c4)ccc32)cc1.c1ccc(-n2c3ccccc3c3cc(-c4ccc5c(c4)c4ccccc4n5-c4ccc5c(c4)c4ccccc4n5-c4ccccc4)ccc32)cc1. The first-order valence-corrected chi connectivity index (χ1v) is 48.5. The van der Waals surface area contributed by atoms with Crippen molar-refractivity contribution in [2.75, 3.05) is 0 Å². The first kappa shape index (κ1) is 83.8. The van der Waals surface area contributed by atoms with E-state index in [1.165, 1.54) is 198 Å². The summed E-state index contributed by atoms with van der Waals surface area (Å²) in [7, 11) is 0.706. The predicted octanol–water partition coefficient (Wildman–Crippen LogP) is 34.0. The number of para-hydroxylation sites is 12. The van der Waals surface area contributed by atoms with Crippen molar-refractivity contribution in [3.8, 4) is 73.3 Å². The quantitative estimate of drug-likeness (QED) is 0.134. The number of aromatic nitrogens is 7. The molecule has 12 heteroatoms. The molecule has 0 saturated heterocycles. The number of halogens is 2. The fourth-order valence-corrected chi connectivity index (χ4v) is 22.0. The van der Waals surface area contributed by atoms with Gasteiger partial charge in [0.15, 0.2) is 0 Å². The van der Waals surface area contributed by atoms with Gasteiger partial charge in [0.05, 0.1) is 66.2 Å². The van der Waals surface area contributed by atoms with E-state index in [0.29, 0.717) is 13.4 Å². The molecule has 0 saturated carbocycles. The molecule has 0 unspecified atom stereocenters. The highest BCUT2D eigenvalue weighted by molar-refractivity contribution is 9.10. The Bertz CT molecular complexity index is 9610. The Balaban J connectivity index is 0.0000000993. The van der Waals surface area contributed by atoms with Crippen LogP contribution in [0.15, 0.2) is 500 Å². The van der Waals surface area contributed by atoms with Crippen LogP contribution in [-0.4, -0.2) is 45.1 Å². The van der Waals surface area contributed by atoms with Crippen LogP contribution in [0.5, 0.6) is 5.75 Å². The van der Waals surface area contributed by atoms with E-state index >= 15 is 0 Å². The molecule has 7 heterocycles. The smallest absolute Gasteiger partial charge is 0.537 e. The molecule has 0 bridgehead atoms. The van der Waals surface area contributed by atoms with Crippen molar-refractivity contribution in [1.29, 1.82) is 0 Å². The molecule has 1 aliphatic rings. The lowest BCUT2D eigenvalue weighted by atomic mass is 10.0. The van der Waals surface area contributed by atoms with Gasteiger partial charge in [-0.1, -0.05) is 305 Å². The van der Waals surface area contributed by atoms with Gasteiger partial charge in [-0.3, -0.25) is 0 Å². The maximum absolute atomic E-state index is 8.84. The molecule has 28 aromatic rings. The van der Waals surface area contributed by atoms with E-state index in [1.54, 1.807) is 0 Å². The normalized spacial score (nSPS) is 11.7. The van der Waals surface area contributed by atoms with Crippen molar-refractivity contribution in [2.45, 2.75) is 6.42 Å². The fraction of sp³-hybridized carbons (Fsp3) is 0.00787. The fourth-order valence-electron chi connectivity index (χ4n) is 21.3. The molecular formula is C127H85BBr2N7O2. The van der Waals surface area contributed by atoms with Crippen molar-refractivity contribution >= 4 is 192 Å². The van der Waals surface area contributed by atoms with Crippen LogP contribution in [0.3, 0.4) is 0 Å². The van der Waals surface area contributed by atoms with Gasteiger partial charge in [-0.05, 0) is 269 Å². The number of nitrogens with zero attached hydrogens (tertiary/aromatic N) is 6. The first-order chi connectivity index (χ1) is 68.7. The van der Waals surface area contributed by atoms with Gasteiger partial charge in [0, 0.05) is 130 Å². The van der Waals surface area contributed by atoms with E-state index in [-0.39, 0.29) is 0 Å². The van der Waals surface area contributed by atoms with Crippen LogP contribution in [0, 0.1) is 0 Å². The van der Waals surface area contributed by atoms with Gasteiger partial charge in [-0.15, -0.1) is 0 Å². The summed E-state index contributed by atoms with van der Waals surface area (Å²) in [5.74, 6) is 0.617. The van der Waals surface area contributed by atoms with Crippen LogP contribution < -0.4 is 4.65 Å². The Morgan fingerprint density at radius 1 is 0.201 bits per heavy atom. The summed E-state index contributed by atoms with van der Waals surface area (Å²) in [4.78, 5) is 3.53. The van der Waals surface area contributed by atoms with Crippen molar-refractivity contribution < 1.29 is 9.68 Å². The number of hydrogen-bond acceptors (Lipinski definition) is 2. The minimum Gasteiger partial charge on any atom is -0.537 e. The Hall–Kier alpha value is -17.0. The molecule has 1 aliphatic carbocycles. The summed E-state index contributed by atoms with van der Waals surface area (Å²) in [6.07, 6.45) is 1.08. The standard InChI is InChI=1S/C48H31N3.C30H20N2.C18H13BNO2.C18H12BrN.C13H9Br/c1-3-13-34(14-4-1)49-43-20-10-7-17-37(43)40-29-32(23-26-46(40)49)33-24-27-47-41(30-33)38-18-8-12-22-45(38)51(47)36-25-28-48-42(31-36)39-19-9-11-21-44(39)50(48)35-15-5-2-6-16-35;1-2-8-22(9-3-1)32-29-13-7-5-11-24(29)26-19-21(15-17-30(26)32)20-14-16-28-25(18-20)23-10-4-6-12-27(23)31-28;21-19-22-14-10-11-18-16(12-14)15-8-4-5-9-17(15)20(18)13-6-2-1-3-7-13;19-13-10-11-18-16(12-13)15-8-4-5-9-17(15)20(18)14-6-2-1-3-7-14;14-11-6-5-10-7-9-3-1-2-4-12(9)13(10)8-11/h1-31H;1-19,31H;1-12,21H;1-12H;1-6,8H,7H2. The Morgan fingerprint density at radius 3 is 0.899 bits per heavy atom.